The second-order valence-electron chi connectivity index (χ2n) is 8.41. The number of carbonyl (C=O) groups is 1. The molecule has 0 aliphatic heterocycles. The molecule has 192 valence electrons. The molecule has 11 heteroatoms. The summed E-state index contributed by atoms with van der Waals surface area (Å²) in [5, 5.41) is 3.20. The zero-order valence-corrected chi connectivity index (χ0v) is 22.5. The number of rotatable bonds is 10. The van der Waals surface area contributed by atoms with Crippen molar-refractivity contribution in [2.75, 3.05) is 27.1 Å². The van der Waals surface area contributed by atoms with Crippen molar-refractivity contribution in [1.82, 2.24) is 0 Å². The average molecular weight is 550 g/mol. The Labute approximate surface area is 217 Å². The maximum atomic E-state index is 12.7. The van der Waals surface area contributed by atoms with Crippen molar-refractivity contribution in [2.24, 2.45) is 0 Å². The zero-order chi connectivity index (χ0) is 26.5. The first kappa shape index (κ1) is 27.5. The molecule has 0 atom stereocenters. The number of hydrogen-bond donors (Lipinski definition) is 2. The van der Waals surface area contributed by atoms with Crippen LogP contribution < -0.4 is 14.3 Å². The molecule has 0 saturated heterocycles. The lowest BCUT2D eigenvalue weighted by molar-refractivity contribution is -0.116. The maximum absolute atomic E-state index is 12.7. The summed E-state index contributed by atoms with van der Waals surface area (Å²) < 4.78 is 53.6. The molecule has 3 rings (SSSR count). The fourth-order valence-corrected chi connectivity index (χ4v) is 5.77. The molecule has 3 aromatic rings. The summed E-state index contributed by atoms with van der Waals surface area (Å²) in [6.07, 6.45) is 1.47. The van der Waals surface area contributed by atoms with Gasteiger partial charge in [0, 0.05) is 23.7 Å². The van der Waals surface area contributed by atoms with Crippen molar-refractivity contribution in [1.29, 1.82) is 0 Å². The summed E-state index contributed by atoms with van der Waals surface area (Å²) in [6.45, 7) is 3.88. The van der Waals surface area contributed by atoms with Crippen molar-refractivity contribution >= 4 is 54.6 Å². The summed E-state index contributed by atoms with van der Waals surface area (Å²) in [7, 11) is -7.33. The summed E-state index contributed by atoms with van der Waals surface area (Å²) in [5.41, 5.74) is 3.24. The first-order chi connectivity index (χ1) is 16.8. The largest absolute Gasteiger partial charge is 0.326 e. The van der Waals surface area contributed by atoms with Crippen LogP contribution in [-0.2, 0) is 24.8 Å². The highest BCUT2D eigenvalue weighted by molar-refractivity contribution is 7.92. The van der Waals surface area contributed by atoms with Crippen molar-refractivity contribution < 1.29 is 21.6 Å². The number of nitrogens with zero attached hydrogens (tertiary/aromatic N) is 1. The Morgan fingerprint density at radius 1 is 0.917 bits per heavy atom. The molecule has 0 radical (unpaired) electrons. The topological polar surface area (TPSA) is 113 Å². The van der Waals surface area contributed by atoms with E-state index >= 15 is 0 Å². The van der Waals surface area contributed by atoms with Gasteiger partial charge in [-0.25, -0.2) is 16.8 Å². The monoisotopic (exact) mass is 549 g/mol. The van der Waals surface area contributed by atoms with Gasteiger partial charge in [-0.05, 0) is 80.4 Å². The van der Waals surface area contributed by atoms with Crippen molar-refractivity contribution in [3.05, 3.63) is 82.9 Å². The predicted octanol–water partition coefficient (Wildman–Crippen LogP) is 4.94. The fraction of sp³-hybridized carbons (Fsp3) is 0.240. The number of anilines is 3. The van der Waals surface area contributed by atoms with Crippen LogP contribution >= 0.6 is 11.6 Å². The molecule has 0 bridgehead atoms. The third-order valence-electron chi connectivity index (χ3n) is 5.35. The summed E-state index contributed by atoms with van der Waals surface area (Å²) >= 11 is 5.88. The number of aryl methyl sites for hydroxylation is 2. The molecule has 0 fully saturated rings. The first-order valence-electron chi connectivity index (χ1n) is 11.1. The van der Waals surface area contributed by atoms with Gasteiger partial charge in [-0.1, -0.05) is 29.3 Å². The van der Waals surface area contributed by atoms with E-state index in [4.69, 9.17) is 11.6 Å². The molecule has 0 heterocycles. The van der Waals surface area contributed by atoms with Crippen LogP contribution in [0, 0.1) is 13.8 Å². The van der Waals surface area contributed by atoms with Gasteiger partial charge in [-0.3, -0.25) is 13.8 Å². The third kappa shape index (κ3) is 7.46. The van der Waals surface area contributed by atoms with Crippen LogP contribution in [0.3, 0.4) is 0 Å². The molecule has 1 amide bonds. The highest BCUT2D eigenvalue weighted by Gasteiger charge is 2.18. The maximum Gasteiger partial charge on any atom is 0.261 e. The van der Waals surface area contributed by atoms with Gasteiger partial charge in [-0.15, -0.1) is 0 Å². The Morgan fingerprint density at radius 2 is 1.56 bits per heavy atom. The number of halogens is 1. The van der Waals surface area contributed by atoms with Crippen LogP contribution in [0.15, 0.2) is 71.6 Å². The van der Waals surface area contributed by atoms with Gasteiger partial charge in [-0.2, -0.15) is 0 Å². The Bertz CT molecular complexity index is 1440. The molecule has 36 heavy (non-hydrogen) atoms. The molecule has 3 aromatic carbocycles. The molecule has 0 spiro atoms. The normalized spacial score (nSPS) is 11.7. The summed E-state index contributed by atoms with van der Waals surface area (Å²) in [5.74, 6) is -0.316. The van der Waals surface area contributed by atoms with Gasteiger partial charge in [0.1, 0.15) is 0 Å². The van der Waals surface area contributed by atoms with E-state index in [2.05, 4.69) is 10.0 Å². The molecule has 8 nitrogen and oxygen atoms in total. The molecular formula is C25H28ClN3O5S2. The van der Waals surface area contributed by atoms with Gasteiger partial charge < -0.3 is 5.32 Å². The van der Waals surface area contributed by atoms with Crippen LogP contribution in [0.4, 0.5) is 17.1 Å². The molecule has 0 saturated carbocycles. The lowest BCUT2D eigenvalue weighted by atomic mass is 10.1. The second kappa shape index (κ2) is 11.3. The number of carbonyl (C=O) groups excluding carboxylic acids is 1. The number of sulfonamides is 2. The summed E-state index contributed by atoms with van der Waals surface area (Å²) in [4.78, 5) is 12.4. The van der Waals surface area contributed by atoms with Gasteiger partial charge in [0.25, 0.3) is 10.0 Å². The molecular weight excluding hydrogens is 522 g/mol. The van der Waals surface area contributed by atoms with Crippen LogP contribution in [0.25, 0.3) is 0 Å². The fourth-order valence-electron chi connectivity index (χ4n) is 3.55. The lowest BCUT2D eigenvalue weighted by Gasteiger charge is -2.22. The van der Waals surface area contributed by atoms with Crippen molar-refractivity contribution in [2.45, 2.75) is 31.6 Å². The van der Waals surface area contributed by atoms with Crippen LogP contribution in [-0.4, -0.2) is 35.5 Å². The second-order valence-corrected chi connectivity index (χ2v) is 12.4. The Hall–Kier alpha value is -3.08. The van der Waals surface area contributed by atoms with Gasteiger partial charge in [0.05, 0.1) is 22.5 Å². The lowest BCUT2D eigenvalue weighted by Crippen LogP contribution is -2.31. The number of amides is 1. The van der Waals surface area contributed by atoms with Gasteiger partial charge >= 0.3 is 0 Å². The van der Waals surface area contributed by atoms with E-state index in [0.717, 1.165) is 17.4 Å². The molecule has 0 aromatic heterocycles. The van der Waals surface area contributed by atoms with E-state index in [1.165, 1.54) is 28.6 Å². The van der Waals surface area contributed by atoms with Crippen molar-refractivity contribution in [3.63, 3.8) is 0 Å². The van der Waals surface area contributed by atoms with Crippen molar-refractivity contribution in [3.8, 4) is 0 Å². The third-order valence-corrected chi connectivity index (χ3v) is 8.18. The number of nitrogens with one attached hydrogen (secondary N) is 2. The number of benzene rings is 3. The van der Waals surface area contributed by atoms with Gasteiger partial charge in [0.15, 0.2) is 0 Å². The van der Waals surface area contributed by atoms with Crippen LogP contribution in [0.5, 0.6) is 0 Å². The van der Waals surface area contributed by atoms with Gasteiger partial charge in [0.2, 0.25) is 15.9 Å². The summed E-state index contributed by atoms with van der Waals surface area (Å²) in [6, 6.07) is 17.7. The van der Waals surface area contributed by atoms with E-state index in [1.54, 1.807) is 30.3 Å². The smallest absolute Gasteiger partial charge is 0.261 e. The van der Waals surface area contributed by atoms with Crippen LogP contribution in [0.1, 0.15) is 24.0 Å². The predicted molar refractivity (Wildman–Crippen MR) is 145 cm³/mol. The SMILES string of the molecule is Cc1ccc(NS(=O)(=O)c2ccc(NC(=O)CCCN(c3ccc(Cl)cc3)S(C)(=O)=O)cc2)c(C)c1. The Kier molecular flexibility index (Phi) is 8.65. The molecule has 0 unspecified atom stereocenters. The van der Waals surface area contributed by atoms with E-state index in [1.807, 2.05) is 26.0 Å². The Balaban J connectivity index is 1.58. The minimum Gasteiger partial charge on any atom is -0.326 e. The molecule has 2 N–H and O–H groups in total. The quantitative estimate of drug-likeness (QED) is 0.372. The average Bonchev–Trinajstić information content (AvgIpc) is 2.79. The zero-order valence-electron chi connectivity index (χ0n) is 20.2. The molecule has 0 aliphatic rings. The van der Waals surface area contributed by atoms with E-state index < -0.39 is 20.0 Å². The molecule has 0 aliphatic carbocycles. The standard InChI is InChI=1S/C25H28ClN3O5S2/c1-18-6-15-24(19(2)17-18)28-36(33,34)23-13-9-21(10-14-23)27-25(30)5-4-16-29(35(3,31)32)22-11-7-20(26)8-12-22/h6-15,17,28H,4-5,16H2,1-3H3,(H,27,30). The highest BCUT2D eigenvalue weighted by atomic mass is 35.5. The minimum absolute atomic E-state index is 0.0623. The first-order valence-corrected chi connectivity index (χ1v) is 14.8. The van der Waals surface area contributed by atoms with Crippen LogP contribution in [0.2, 0.25) is 5.02 Å². The van der Waals surface area contributed by atoms with E-state index in [0.29, 0.717) is 22.1 Å². The van der Waals surface area contributed by atoms with E-state index in [9.17, 15) is 21.6 Å². The Morgan fingerprint density at radius 3 is 2.14 bits per heavy atom. The highest BCUT2D eigenvalue weighted by Crippen LogP contribution is 2.23. The van der Waals surface area contributed by atoms with E-state index in [-0.39, 0.29) is 30.2 Å². The minimum atomic E-state index is -3.79. The number of hydrogen-bond acceptors (Lipinski definition) is 5.